The van der Waals surface area contributed by atoms with Crippen molar-refractivity contribution in [1.82, 2.24) is 9.97 Å². The van der Waals surface area contributed by atoms with Crippen LogP contribution < -0.4 is 5.32 Å². The van der Waals surface area contributed by atoms with E-state index in [1.807, 2.05) is 0 Å². The second-order valence-corrected chi connectivity index (χ2v) is 6.19. The van der Waals surface area contributed by atoms with Crippen LogP contribution in [0.15, 0.2) is 36.7 Å². The molecular weight excluding hydrogens is 302 g/mol. The van der Waals surface area contributed by atoms with Crippen LogP contribution in [-0.4, -0.2) is 9.97 Å². The molecule has 0 unspecified atom stereocenters. The van der Waals surface area contributed by atoms with Crippen LogP contribution in [0.4, 0.5) is 5.82 Å². The SMILES string of the molecule is CCc1cc2c(NCc3ccc(CCl)cc3)ncnc2s1. The Hall–Kier alpha value is -1.65. The zero-order valence-electron chi connectivity index (χ0n) is 11.8. The van der Waals surface area contributed by atoms with Gasteiger partial charge in [-0.05, 0) is 23.6 Å². The molecule has 1 aromatic carbocycles. The molecule has 2 aromatic heterocycles. The van der Waals surface area contributed by atoms with E-state index in [2.05, 4.69) is 52.5 Å². The summed E-state index contributed by atoms with van der Waals surface area (Å²) in [6.07, 6.45) is 2.65. The van der Waals surface area contributed by atoms with E-state index in [9.17, 15) is 0 Å². The molecule has 0 aliphatic carbocycles. The van der Waals surface area contributed by atoms with E-state index in [0.717, 1.165) is 34.6 Å². The molecule has 3 aromatic rings. The van der Waals surface area contributed by atoms with Crippen molar-refractivity contribution >= 4 is 39.0 Å². The molecule has 5 heteroatoms. The summed E-state index contributed by atoms with van der Waals surface area (Å²) in [5.41, 5.74) is 2.34. The monoisotopic (exact) mass is 317 g/mol. The maximum atomic E-state index is 5.80. The highest BCUT2D eigenvalue weighted by atomic mass is 35.5. The summed E-state index contributed by atoms with van der Waals surface area (Å²) in [6, 6.07) is 10.5. The number of nitrogens with zero attached hydrogens (tertiary/aromatic N) is 2. The molecule has 0 atom stereocenters. The summed E-state index contributed by atoms with van der Waals surface area (Å²) in [5.74, 6) is 1.45. The Bertz CT molecular complexity index is 737. The Morgan fingerprint density at radius 1 is 1.14 bits per heavy atom. The summed E-state index contributed by atoms with van der Waals surface area (Å²) >= 11 is 7.53. The minimum absolute atomic E-state index is 0.551. The van der Waals surface area contributed by atoms with Crippen molar-refractivity contribution in [3.05, 3.63) is 52.7 Å². The minimum Gasteiger partial charge on any atom is -0.365 e. The maximum absolute atomic E-state index is 5.80. The Labute approximate surface area is 133 Å². The quantitative estimate of drug-likeness (QED) is 0.699. The average molecular weight is 318 g/mol. The van der Waals surface area contributed by atoms with Gasteiger partial charge in [-0.1, -0.05) is 31.2 Å². The first-order valence-corrected chi connectivity index (χ1v) is 8.26. The van der Waals surface area contributed by atoms with Gasteiger partial charge in [0.05, 0.1) is 5.39 Å². The van der Waals surface area contributed by atoms with Crippen LogP contribution >= 0.6 is 22.9 Å². The van der Waals surface area contributed by atoms with Crippen molar-refractivity contribution in [2.75, 3.05) is 5.32 Å². The number of aryl methyl sites for hydroxylation is 1. The molecule has 21 heavy (non-hydrogen) atoms. The van der Waals surface area contributed by atoms with Crippen molar-refractivity contribution in [3.63, 3.8) is 0 Å². The lowest BCUT2D eigenvalue weighted by atomic mass is 10.1. The van der Waals surface area contributed by atoms with Gasteiger partial charge in [0, 0.05) is 17.3 Å². The zero-order valence-corrected chi connectivity index (χ0v) is 13.3. The molecule has 0 aliphatic heterocycles. The second-order valence-electron chi connectivity index (χ2n) is 4.81. The van der Waals surface area contributed by atoms with Crippen LogP contribution in [0, 0.1) is 0 Å². The largest absolute Gasteiger partial charge is 0.365 e. The van der Waals surface area contributed by atoms with Crippen molar-refractivity contribution in [2.45, 2.75) is 25.8 Å². The first-order valence-electron chi connectivity index (χ1n) is 6.91. The molecule has 0 bridgehead atoms. The first kappa shape index (κ1) is 14.3. The van der Waals surface area contributed by atoms with E-state index >= 15 is 0 Å². The molecule has 2 heterocycles. The number of hydrogen-bond donors (Lipinski definition) is 1. The zero-order chi connectivity index (χ0) is 14.7. The molecule has 0 radical (unpaired) electrons. The van der Waals surface area contributed by atoms with Gasteiger partial charge in [-0.25, -0.2) is 9.97 Å². The van der Waals surface area contributed by atoms with Gasteiger partial charge in [0.1, 0.15) is 17.0 Å². The molecule has 3 rings (SSSR count). The van der Waals surface area contributed by atoms with Crippen LogP contribution in [-0.2, 0) is 18.8 Å². The highest BCUT2D eigenvalue weighted by Crippen LogP contribution is 2.28. The van der Waals surface area contributed by atoms with Crippen molar-refractivity contribution in [3.8, 4) is 0 Å². The Morgan fingerprint density at radius 2 is 1.90 bits per heavy atom. The summed E-state index contributed by atoms with van der Waals surface area (Å²) in [4.78, 5) is 11.1. The standard InChI is InChI=1S/C16H16ClN3S/c1-2-13-7-14-15(19-10-20-16(14)21-13)18-9-12-5-3-11(8-17)4-6-12/h3-7,10H,2,8-9H2,1H3,(H,18,19,20). The number of rotatable bonds is 5. The van der Waals surface area contributed by atoms with Crippen LogP contribution in [0.1, 0.15) is 22.9 Å². The highest BCUT2D eigenvalue weighted by Gasteiger charge is 2.07. The van der Waals surface area contributed by atoms with E-state index in [1.165, 1.54) is 10.4 Å². The number of thiophene rings is 1. The van der Waals surface area contributed by atoms with Crippen LogP contribution in [0.5, 0.6) is 0 Å². The van der Waals surface area contributed by atoms with Gasteiger partial charge in [0.2, 0.25) is 0 Å². The van der Waals surface area contributed by atoms with Gasteiger partial charge in [-0.3, -0.25) is 0 Å². The number of hydrogen-bond acceptors (Lipinski definition) is 4. The topological polar surface area (TPSA) is 37.8 Å². The fraction of sp³-hybridized carbons (Fsp3) is 0.250. The first-order chi connectivity index (χ1) is 10.3. The Balaban J connectivity index is 1.79. The van der Waals surface area contributed by atoms with Crippen molar-refractivity contribution in [2.24, 2.45) is 0 Å². The third kappa shape index (κ3) is 3.17. The number of alkyl halides is 1. The smallest absolute Gasteiger partial charge is 0.138 e. The second kappa shape index (κ2) is 6.41. The van der Waals surface area contributed by atoms with Gasteiger partial charge in [-0.15, -0.1) is 22.9 Å². The number of aromatic nitrogens is 2. The third-order valence-electron chi connectivity index (χ3n) is 3.37. The molecule has 108 valence electrons. The number of benzene rings is 1. The lowest BCUT2D eigenvalue weighted by molar-refractivity contribution is 1.10. The van der Waals surface area contributed by atoms with E-state index < -0.39 is 0 Å². The lowest BCUT2D eigenvalue weighted by Crippen LogP contribution is -2.01. The van der Waals surface area contributed by atoms with Crippen molar-refractivity contribution < 1.29 is 0 Å². The molecule has 0 aliphatic rings. The molecule has 0 spiro atoms. The Kier molecular flexibility index (Phi) is 4.36. The molecule has 0 amide bonds. The summed E-state index contributed by atoms with van der Waals surface area (Å²) in [7, 11) is 0. The molecule has 1 N–H and O–H groups in total. The van der Waals surface area contributed by atoms with E-state index in [4.69, 9.17) is 11.6 Å². The van der Waals surface area contributed by atoms with Crippen LogP contribution in [0.3, 0.4) is 0 Å². The van der Waals surface area contributed by atoms with Crippen LogP contribution in [0.25, 0.3) is 10.2 Å². The van der Waals surface area contributed by atoms with Gasteiger partial charge < -0.3 is 5.32 Å². The predicted octanol–water partition coefficient (Wildman–Crippen LogP) is 4.60. The maximum Gasteiger partial charge on any atom is 0.138 e. The number of halogens is 1. The fourth-order valence-corrected chi connectivity index (χ4v) is 3.27. The van der Waals surface area contributed by atoms with Gasteiger partial charge in [0.25, 0.3) is 0 Å². The van der Waals surface area contributed by atoms with Gasteiger partial charge in [0.15, 0.2) is 0 Å². The highest BCUT2D eigenvalue weighted by molar-refractivity contribution is 7.18. The van der Waals surface area contributed by atoms with Crippen LogP contribution in [0.2, 0.25) is 0 Å². The van der Waals surface area contributed by atoms with E-state index in [1.54, 1.807) is 17.7 Å². The number of fused-ring (bicyclic) bond motifs is 1. The normalized spacial score (nSPS) is 11.0. The van der Waals surface area contributed by atoms with Gasteiger partial charge in [-0.2, -0.15) is 0 Å². The lowest BCUT2D eigenvalue weighted by Gasteiger charge is -2.07. The van der Waals surface area contributed by atoms with E-state index in [-0.39, 0.29) is 0 Å². The molecule has 0 saturated carbocycles. The van der Waals surface area contributed by atoms with E-state index in [0.29, 0.717) is 5.88 Å². The average Bonchev–Trinajstić information content (AvgIpc) is 2.97. The van der Waals surface area contributed by atoms with Gasteiger partial charge >= 0.3 is 0 Å². The third-order valence-corrected chi connectivity index (χ3v) is 4.86. The van der Waals surface area contributed by atoms with Crippen molar-refractivity contribution in [1.29, 1.82) is 0 Å². The molecule has 0 saturated heterocycles. The summed E-state index contributed by atoms with van der Waals surface area (Å²) in [6.45, 7) is 2.90. The minimum atomic E-state index is 0.551. The number of nitrogens with one attached hydrogen (secondary N) is 1. The summed E-state index contributed by atoms with van der Waals surface area (Å²) in [5, 5.41) is 4.51. The number of anilines is 1. The predicted molar refractivity (Wildman–Crippen MR) is 90.1 cm³/mol. The fourth-order valence-electron chi connectivity index (χ4n) is 2.15. The molecule has 0 fully saturated rings. The molecule has 3 nitrogen and oxygen atoms in total. The summed E-state index contributed by atoms with van der Waals surface area (Å²) < 4.78 is 0. The Morgan fingerprint density at radius 3 is 2.62 bits per heavy atom. The molecular formula is C16H16ClN3S.